The molecule has 8 heteroatoms. The van der Waals surface area contributed by atoms with Crippen molar-refractivity contribution in [2.45, 2.75) is 19.4 Å². The molecule has 0 saturated heterocycles. The molecule has 0 heterocycles. The Morgan fingerprint density at radius 1 is 1.19 bits per heavy atom. The Labute approximate surface area is 158 Å². The number of nitrogens with zero attached hydrogens (tertiary/aromatic N) is 1. The number of nitro benzene ring substituents is 1. The molecule has 1 N–H and O–H groups in total. The van der Waals surface area contributed by atoms with E-state index in [9.17, 15) is 19.7 Å². The number of amides is 1. The number of esters is 1. The van der Waals surface area contributed by atoms with Gasteiger partial charge in [-0.15, -0.1) is 0 Å². The zero-order chi connectivity index (χ0) is 19.3. The summed E-state index contributed by atoms with van der Waals surface area (Å²) >= 11 is 3.36. The molecule has 1 atom stereocenters. The van der Waals surface area contributed by atoms with Crippen LogP contribution >= 0.6 is 15.9 Å². The SMILES string of the molecule is CCC(NC(=O)c1cc(C(=O)OC)cc([N+](=O)[O-])c1)c1ccc(Br)cc1. The fourth-order valence-corrected chi connectivity index (χ4v) is 2.71. The Balaban J connectivity index is 2.32. The van der Waals surface area contributed by atoms with Crippen LogP contribution in [-0.2, 0) is 4.74 Å². The highest BCUT2D eigenvalue weighted by Gasteiger charge is 2.20. The monoisotopic (exact) mass is 420 g/mol. The zero-order valence-electron chi connectivity index (χ0n) is 14.2. The van der Waals surface area contributed by atoms with Crippen molar-refractivity contribution in [1.82, 2.24) is 5.32 Å². The molecule has 0 spiro atoms. The van der Waals surface area contributed by atoms with E-state index in [4.69, 9.17) is 0 Å². The van der Waals surface area contributed by atoms with Crippen LogP contribution in [0.1, 0.15) is 45.7 Å². The zero-order valence-corrected chi connectivity index (χ0v) is 15.8. The van der Waals surface area contributed by atoms with Gasteiger partial charge in [0, 0.05) is 22.2 Å². The summed E-state index contributed by atoms with van der Waals surface area (Å²) in [5.41, 5.74) is 0.524. The van der Waals surface area contributed by atoms with Crippen molar-refractivity contribution in [3.63, 3.8) is 0 Å². The van der Waals surface area contributed by atoms with Gasteiger partial charge in [-0.05, 0) is 30.2 Å². The number of hydrogen-bond acceptors (Lipinski definition) is 5. The standard InChI is InChI=1S/C18H17BrN2O5/c1-3-16(11-4-6-14(19)7-5-11)20-17(22)12-8-13(18(23)26-2)10-15(9-12)21(24)25/h4-10,16H,3H2,1-2H3,(H,20,22). The number of nitrogens with one attached hydrogen (secondary N) is 1. The maximum absolute atomic E-state index is 12.6. The van der Waals surface area contributed by atoms with Gasteiger partial charge in [0.05, 0.1) is 23.6 Å². The predicted octanol–water partition coefficient (Wildman–Crippen LogP) is 4.03. The molecule has 0 aliphatic rings. The average molecular weight is 421 g/mol. The Bertz CT molecular complexity index is 836. The summed E-state index contributed by atoms with van der Waals surface area (Å²) in [4.78, 5) is 34.7. The van der Waals surface area contributed by atoms with Crippen molar-refractivity contribution in [1.29, 1.82) is 0 Å². The third-order valence-corrected chi connectivity index (χ3v) is 4.33. The maximum atomic E-state index is 12.6. The first-order chi connectivity index (χ1) is 12.3. The molecule has 136 valence electrons. The molecule has 2 rings (SSSR count). The number of methoxy groups -OCH3 is 1. The van der Waals surface area contributed by atoms with Gasteiger partial charge in [-0.1, -0.05) is 35.0 Å². The number of rotatable bonds is 6. The van der Waals surface area contributed by atoms with Crippen LogP contribution in [-0.4, -0.2) is 23.9 Å². The largest absolute Gasteiger partial charge is 0.465 e. The van der Waals surface area contributed by atoms with Gasteiger partial charge in [-0.2, -0.15) is 0 Å². The minimum atomic E-state index is -0.747. The molecule has 0 fully saturated rings. The van der Waals surface area contributed by atoms with Crippen LogP contribution in [0, 0.1) is 10.1 Å². The van der Waals surface area contributed by atoms with Crippen molar-refractivity contribution >= 4 is 33.5 Å². The van der Waals surface area contributed by atoms with Crippen molar-refractivity contribution < 1.29 is 19.2 Å². The Kier molecular flexibility index (Phi) is 6.46. The molecule has 0 aromatic heterocycles. The Morgan fingerprint density at radius 3 is 2.35 bits per heavy atom. The Hall–Kier alpha value is -2.74. The summed E-state index contributed by atoms with van der Waals surface area (Å²) < 4.78 is 5.51. The molecule has 0 radical (unpaired) electrons. The average Bonchev–Trinajstić information content (AvgIpc) is 2.65. The molecule has 0 aliphatic carbocycles. The number of ether oxygens (including phenoxy) is 1. The highest BCUT2D eigenvalue weighted by Crippen LogP contribution is 2.22. The van der Waals surface area contributed by atoms with E-state index >= 15 is 0 Å². The molecule has 1 amide bonds. The lowest BCUT2D eigenvalue weighted by Crippen LogP contribution is -2.28. The lowest BCUT2D eigenvalue weighted by atomic mass is 10.0. The first-order valence-electron chi connectivity index (χ1n) is 7.79. The summed E-state index contributed by atoms with van der Waals surface area (Å²) in [5, 5.41) is 13.9. The summed E-state index contributed by atoms with van der Waals surface area (Å²) in [5.74, 6) is -1.25. The van der Waals surface area contributed by atoms with Gasteiger partial charge in [0.15, 0.2) is 0 Å². The number of carbonyl (C=O) groups is 2. The minimum absolute atomic E-state index is 0.0233. The molecule has 2 aromatic carbocycles. The fraction of sp³-hybridized carbons (Fsp3) is 0.222. The van der Waals surface area contributed by atoms with Gasteiger partial charge in [0.2, 0.25) is 0 Å². The van der Waals surface area contributed by atoms with E-state index in [2.05, 4.69) is 26.0 Å². The summed E-state index contributed by atoms with van der Waals surface area (Å²) in [6, 6.07) is 10.7. The normalized spacial score (nSPS) is 11.5. The topological polar surface area (TPSA) is 98.5 Å². The molecule has 7 nitrogen and oxygen atoms in total. The van der Waals surface area contributed by atoms with E-state index in [1.54, 1.807) is 0 Å². The van der Waals surface area contributed by atoms with Gasteiger partial charge in [-0.25, -0.2) is 4.79 Å². The van der Waals surface area contributed by atoms with E-state index in [0.717, 1.165) is 22.2 Å². The first kappa shape index (κ1) is 19.6. The third kappa shape index (κ3) is 4.66. The maximum Gasteiger partial charge on any atom is 0.338 e. The smallest absolute Gasteiger partial charge is 0.338 e. The van der Waals surface area contributed by atoms with Crippen LogP contribution in [0.4, 0.5) is 5.69 Å². The highest BCUT2D eigenvalue weighted by atomic mass is 79.9. The number of carbonyl (C=O) groups excluding carboxylic acids is 2. The van der Waals surface area contributed by atoms with E-state index in [0.29, 0.717) is 6.42 Å². The minimum Gasteiger partial charge on any atom is -0.465 e. The van der Waals surface area contributed by atoms with E-state index in [1.807, 2.05) is 31.2 Å². The lowest BCUT2D eigenvalue weighted by Gasteiger charge is -2.18. The van der Waals surface area contributed by atoms with Crippen molar-refractivity contribution in [3.8, 4) is 0 Å². The number of benzene rings is 2. The number of non-ortho nitro benzene ring substituents is 1. The van der Waals surface area contributed by atoms with E-state index in [-0.39, 0.29) is 22.9 Å². The molecule has 1 unspecified atom stereocenters. The van der Waals surface area contributed by atoms with E-state index < -0.39 is 16.8 Å². The summed E-state index contributed by atoms with van der Waals surface area (Å²) in [7, 11) is 1.17. The molecule has 26 heavy (non-hydrogen) atoms. The molecule has 0 saturated carbocycles. The van der Waals surface area contributed by atoms with Crippen LogP contribution in [0.5, 0.6) is 0 Å². The van der Waals surface area contributed by atoms with Crippen LogP contribution in [0.3, 0.4) is 0 Å². The van der Waals surface area contributed by atoms with Crippen LogP contribution < -0.4 is 5.32 Å². The molecule has 2 aromatic rings. The lowest BCUT2D eigenvalue weighted by molar-refractivity contribution is -0.384. The van der Waals surface area contributed by atoms with Gasteiger partial charge in [0.1, 0.15) is 0 Å². The first-order valence-corrected chi connectivity index (χ1v) is 8.59. The molecular formula is C18H17BrN2O5. The van der Waals surface area contributed by atoms with Crippen molar-refractivity contribution in [2.75, 3.05) is 7.11 Å². The molecule has 0 aliphatic heterocycles. The quantitative estimate of drug-likeness (QED) is 0.432. The third-order valence-electron chi connectivity index (χ3n) is 3.80. The van der Waals surface area contributed by atoms with Crippen LogP contribution in [0.2, 0.25) is 0 Å². The summed E-state index contributed by atoms with van der Waals surface area (Å²) in [6.45, 7) is 1.92. The predicted molar refractivity (Wildman–Crippen MR) is 99.1 cm³/mol. The summed E-state index contributed by atoms with van der Waals surface area (Å²) in [6.07, 6.45) is 0.631. The van der Waals surface area contributed by atoms with Crippen molar-refractivity contribution in [3.05, 3.63) is 73.7 Å². The number of halogens is 1. The van der Waals surface area contributed by atoms with Crippen LogP contribution in [0.15, 0.2) is 46.9 Å². The Morgan fingerprint density at radius 2 is 1.81 bits per heavy atom. The number of hydrogen-bond donors (Lipinski definition) is 1. The van der Waals surface area contributed by atoms with Crippen LogP contribution in [0.25, 0.3) is 0 Å². The second-order valence-corrected chi connectivity index (χ2v) is 6.42. The van der Waals surface area contributed by atoms with Gasteiger partial charge >= 0.3 is 5.97 Å². The van der Waals surface area contributed by atoms with Gasteiger partial charge < -0.3 is 10.1 Å². The second kappa shape index (κ2) is 8.57. The van der Waals surface area contributed by atoms with Crippen molar-refractivity contribution in [2.24, 2.45) is 0 Å². The molecule has 0 bridgehead atoms. The van der Waals surface area contributed by atoms with Gasteiger partial charge in [-0.3, -0.25) is 14.9 Å². The molecular weight excluding hydrogens is 404 g/mol. The number of nitro groups is 1. The highest BCUT2D eigenvalue weighted by molar-refractivity contribution is 9.10. The second-order valence-electron chi connectivity index (χ2n) is 5.50. The fourth-order valence-electron chi connectivity index (χ4n) is 2.44. The van der Waals surface area contributed by atoms with Gasteiger partial charge in [0.25, 0.3) is 11.6 Å². The van der Waals surface area contributed by atoms with E-state index in [1.165, 1.54) is 13.2 Å².